The van der Waals surface area contributed by atoms with Crippen molar-refractivity contribution in [1.82, 2.24) is 0 Å². The third-order valence-corrected chi connectivity index (χ3v) is 3.24. The zero-order valence-corrected chi connectivity index (χ0v) is 10.7. The van der Waals surface area contributed by atoms with Crippen LogP contribution in [-0.2, 0) is 5.54 Å². The van der Waals surface area contributed by atoms with E-state index in [9.17, 15) is 13.2 Å². The molecule has 0 aliphatic carbocycles. The highest BCUT2D eigenvalue weighted by Gasteiger charge is 2.33. The Morgan fingerprint density at radius 2 is 1.58 bits per heavy atom. The summed E-state index contributed by atoms with van der Waals surface area (Å²) in [6.07, 6.45) is 0. The van der Waals surface area contributed by atoms with Gasteiger partial charge in [0, 0.05) is 11.1 Å². The van der Waals surface area contributed by atoms with Crippen LogP contribution in [0.5, 0.6) is 0 Å². The van der Waals surface area contributed by atoms with E-state index in [0.717, 1.165) is 6.07 Å². The Morgan fingerprint density at radius 1 is 0.947 bits per heavy atom. The zero-order valence-electron chi connectivity index (χ0n) is 10.7. The number of hydrogen-bond acceptors (Lipinski definition) is 1. The third kappa shape index (κ3) is 2.24. The van der Waals surface area contributed by atoms with Gasteiger partial charge in [-0.3, -0.25) is 0 Å². The smallest absolute Gasteiger partial charge is 0.134 e. The Kier molecular flexibility index (Phi) is 3.37. The van der Waals surface area contributed by atoms with Crippen molar-refractivity contribution in [1.29, 1.82) is 0 Å². The molecule has 100 valence electrons. The number of rotatable bonds is 2. The minimum atomic E-state index is -1.58. The second-order valence-corrected chi connectivity index (χ2v) is 4.74. The Labute approximate surface area is 109 Å². The van der Waals surface area contributed by atoms with Gasteiger partial charge in [0.25, 0.3) is 0 Å². The molecule has 0 spiro atoms. The van der Waals surface area contributed by atoms with Crippen LogP contribution in [0.25, 0.3) is 0 Å². The Hall–Kier alpha value is -1.81. The van der Waals surface area contributed by atoms with Crippen molar-refractivity contribution in [3.63, 3.8) is 0 Å². The zero-order chi connectivity index (χ0) is 14.2. The minimum Gasteiger partial charge on any atom is -0.318 e. The molecule has 19 heavy (non-hydrogen) atoms. The van der Waals surface area contributed by atoms with Crippen LogP contribution in [0.1, 0.15) is 23.6 Å². The first kappa shape index (κ1) is 13.6. The molecule has 1 unspecified atom stereocenters. The summed E-state index contributed by atoms with van der Waals surface area (Å²) in [5.41, 5.74) is 4.43. The summed E-state index contributed by atoms with van der Waals surface area (Å²) in [6.45, 7) is 2.90. The number of nitrogens with two attached hydrogens (primary N) is 1. The van der Waals surface area contributed by atoms with Gasteiger partial charge in [0.05, 0.1) is 5.54 Å². The average Bonchev–Trinajstić information content (AvgIpc) is 2.34. The van der Waals surface area contributed by atoms with Gasteiger partial charge >= 0.3 is 0 Å². The van der Waals surface area contributed by atoms with Crippen LogP contribution in [0.2, 0.25) is 0 Å². The molecule has 2 aromatic rings. The molecule has 0 aromatic heterocycles. The van der Waals surface area contributed by atoms with Crippen LogP contribution in [0.15, 0.2) is 36.4 Å². The fraction of sp³-hybridized carbons (Fsp3) is 0.200. The third-order valence-electron chi connectivity index (χ3n) is 3.24. The van der Waals surface area contributed by atoms with E-state index in [1.54, 1.807) is 6.07 Å². The molecule has 2 N–H and O–H groups in total. The molecule has 4 heteroatoms. The topological polar surface area (TPSA) is 26.0 Å². The molecule has 2 rings (SSSR count). The summed E-state index contributed by atoms with van der Waals surface area (Å²) >= 11 is 0. The largest absolute Gasteiger partial charge is 0.318 e. The van der Waals surface area contributed by atoms with Gasteiger partial charge < -0.3 is 5.73 Å². The molecule has 2 aromatic carbocycles. The van der Waals surface area contributed by atoms with E-state index in [-0.39, 0.29) is 16.7 Å². The molecule has 0 saturated carbocycles. The molecule has 0 aliphatic heterocycles. The standard InChI is InChI=1S/C15H14F3N/c1-9-7-8-12(17)13(14(9)18)15(2,19)10-5-3-4-6-11(10)16/h3-8H,19H2,1-2H3. The first-order valence-electron chi connectivity index (χ1n) is 5.84. The Balaban J connectivity index is 2.70. The van der Waals surface area contributed by atoms with Crippen molar-refractivity contribution in [3.05, 3.63) is 70.5 Å². The second-order valence-electron chi connectivity index (χ2n) is 4.74. The number of benzene rings is 2. The van der Waals surface area contributed by atoms with E-state index >= 15 is 0 Å². The van der Waals surface area contributed by atoms with Crippen molar-refractivity contribution in [2.24, 2.45) is 5.73 Å². The van der Waals surface area contributed by atoms with Crippen molar-refractivity contribution in [2.75, 3.05) is 0 Å². The molecular formula is C15H14F3N. The number of hydrogen-bond donors (Lipinski definition) is 1. The lowest BCUT2D eigenvalue weighted by Crippen LogP contribution is -2.37. The van der Waals surface area contributed by atoms with Crippen LogP contribution in [0.4, 0.5) is 13.2 Å². The summed E-state index contributed by atoms with van der Waals surface area (Å²) in [5.74, 6) is -2.11. The first-order valence-corrected chi connectivity index (χ1v) is 5.84. The number of halogens is 3. The molecule has 0 amide bonds. The quantitative estimate of drug-likeness (QED) is 0.881. The molecule has 0 radical (unpaired) electrons. The van der Waals surface area contributed by atoms with Crippen LogP contribution < -0.4 is 5.73 Å². The van der Waals surface area contributed by atoms with Crippen LogP contribution in [0.3, 0.4) is 0 Å². The van der Waals surface area contributed by atoms with Gasteiger partial charge in [-0.2, -0.15) is 0 Å². The highest BCUT2D eigenvalue weighted by molar-refractivity contribution is 5.41. The Morgan fingerprint density at radius 3 is 2.21 bits per heavy atom. The summed E-state index contributed by atoms with van der Waals surface area (Å²) in [6, 6.07) is 8.18. The predicted molar refractivity (Wildman–Crippen MR) is 68.1 cm³/mol. The fourth-order valence-corrected chi connectivity index (χ4v) is 2.15. The predicted octanol–water partition coefficient (Wildman–Crippen LogP) is 3.63. The maximum atomic E-state index is 14.1. The Bertz CT molecular complexity index is 621. The van der Waals surface area contributed by atoms with Gasteiger partial charge in [-0.25, -0.2) is 13.2 Å². The molecule has 0 heterocycles. The van der Waals surface area contributed by atoms with Gasteiger partial charge in [0.15, 0.2) is 0 Å². The maximum Gasteiger partial charge on any atom is 0.134 e. The summed E-state index contributed by atoms with van der Waals surface area (Å²) in [4.78, 5) is 0. The number of aryl methyl sites for hydroxylation is 1. The molecule has 1 nitrogen and oxygen atoms in total. The lowest BCUT2D eigenvalue weighted by molar-refractivity contribution is 0.461. The van der Waals surface area contributed by atoms with Crippen molar-refractivity contribution in [3.8, 4) is 0 Å². The van der Waals surface area contributed by atoms with E-state index in [1.165, 1.54) is 38.1 Å². The van der Waals surface area contributed by atoms with Crippen molar-refractivity contribution < 1.29 is 13.2 Å². The monoisotopic (exact) mass is 265 g/mol. The van der Waals surface area contributed by atoms with E-state index in [2.05, 4.69) is 0 Å². The molecule has 0 aliphatic rings. The minimum absolute atomic E-state index is 0.0541. The van der Waals surface area contributed by atoms with Gasteiger partial charge in [0.1, 0.15) is 17.5 Å². The van der Waals surface area contributed by atoms with E-state index < -0.39 is 23.0 Å². The van der Waals surface area contributed by atoms with Gasteiger partial charge in [-0.05, 0) is 31.5 Å². The lowest BCUT2D eigenvalue weighted by Gasteiger charge is -2.27. The normalized spacial score (nSPS) is 14.2. The summed E-state index contributed by atoms with van der Waals surface area (Å²) in [7, 11) is 0. The van der Waals surface area contributed by atoms with E-state index in [4.69, 9.17) is 5.73 Å². The molecular weight excluding hydrogens is 251 g/mol. The van der Waals surface area contributed by atoms with Crippen molar-refractivity contribution in [2.45, 2.75) is 19.4 Å². The fourth-order valence-electron chi connectivity index (χ4n) is 2.15. The van der Waals surface area contributed by atoms with Crippen LogP contribution >= 0.6 is 0 Å². The highest BCUT2D eigenvalue weighted by Crippen LogP contribution is 2.33. The average molecular weight is 265 g/mol. The second kappa shape index (κ2) is 4.70. The van der Waals surface area contributed by atoms with E-state index in [1.807, 2.05) is 0 Å². The molecule has 0 bridgehead atoms. The molecule has 0 fully saturated rings. The van der Waals surface area contributed by atoms with Gasteiger partial charge in [-0.1, -0.05) is 24.3 Å². The van der Waals surface area contributed by atoms with E-state index in [0.29, 0.717) is 0 Å². The lowest BCUT2D eigenvalue weighted by atomic mass is 9.84. The van der Waals surface area contributed by atoms with Gasteiger partial charge in [0.2, 0.25) is 0 Å². The summed E-state index contributed by atoms with van der Waals surface area (Å²) < 4.78 is 41.8. The highest BCUT2D eigenvalue weighted by atomic mass is 19.1. The van der Waals surface area contributed by atoms with Crippen molar-refractivity contribution >= 4 is 0 Å². The summed E-state index contributed by atoms with van der Waals surface area (Å²) in [5, 5.41) is 0. The van der Waals surface area contributed by atoms with Gasteiger partial charge in [-0.15, -0.1) is 0 Å². The molecule has 1 atom stereocenters. The molecule has 0 saturated heterocycles. The van der Waals surface area contributed by atoms with Crippen LogP contribution in [0, 0.1) is 24.4 Å². The maximum absolute atomic E-state index is 14.1. The SMILES string of the molecule is Cc1ccc(F)c(C(C)(N)c2ccccc2F)c1F. The first-order chi connectivity index (χ1) is 8.85. The van der Waals surface area contributed by atoms with Crippen LogP contribution in [-0.4, -0.2) is 0 Å².